The number of guanidine groups is 1. The predicted octanol–water partition coefficient (Wildman–Crippen LogP) is 2.71. The van der Waals surface area contributed by atoms with Gasteiger partial charge in [0.25, 0.3) is 0 Å². The Balaban J connectivity index is 1.49. The Morgan fingerprint density at radius 3 is 2.74 bits per heavy atom. The number of hydrogen-bond acceptors (Lipinski definition) is 8. The first-order chi connectivity index (χ1) is 16.4. The average molecular weight is 475 g/mol. The fraction of sp³-hybridized carbons (Fsp3) is 0.640. The number of aliphatic hydroxyl groups is 1. The van der Waals surface area contributed by atoms with Crippen molar-refractivity contribution in [3.63, 3.8) is 0 Å². The zero-order valence-electron chi connectivity index (χ0n) is 20.4. The van der Waals surface area contributed by atoms with Crippen LogP contribution in [0, 0.1) is 0 Å². The number of aliphatic imine (C=N–C) groups is 1. The molecule has 3 N–H and O–H groups in total. The number of nitrogens with two attached hydrogens (primary N) is 1. The van der Waals surface area contributed by atoms with E-state index in [1.165, 1.54) is 6.42 Å². The van der Waals surface area contributed by atoms with Crippen molar-refractivity contribution in [2.75, 3.05) is 26.3 Å². The number of benzene rings is 1. The van der Waals surface area contributed by atoms with Gasteiger partial charge in [-0.3, -0.25) is 9.59 Å². The van der Waals surface area contributed by atoms with Crippen LogP contribution in [0.4, 0.5) is 5.69 Å². The Morgan fingerprint density at radius 1 is 1.26 bits per heavy atom. The number of esters is 1. The van der Waals surface area contributed by atoms with Gasteiger partial charge in [0.2, 0.25) is 5.91 Å². The Morgan fingerprint density at radius 2 is 2.03 bits per heavy atom. The van der Waals surface area contributed by atoms with Gasteiger partial charge in [0.05, 0.1) is 25.0 Å². The normalized spacial score (nSPS) is 16.1. The van der Waals surface area contributed by atoms with E-state index in [0.717, 1.165) is 36.9 Å². The molecule has 0 atom stereocenters. The van der Waals surface area contributed by atoms with Gasteiger partial charge in [-0.15, -0.1) is 0 Å². The molecule has 188 valence electrons. The lowest BCUT2D eigenvalue weighted by Gasteiger charge is -2.34. The van der Waals surface area contributed by atoms with Gasteiger partial charge in [0.15, 0.2) is 5.96 Å². The quantitative estimate of drug-likeness (QED) is 0.374. The number of rotatable bonds is 11. The summed E-state index contributed by atoms with van der Waals surface area (Å²) in [7, 11) is 0. The maximum absolute atomic E-state index is 12.7. The topological polar surface area (TPSA) is 118 Å². The van der Waals surface area contributed by atoms with Crippen molar-refractivity contribution in [2.24, 2.45) is 10.7 Å². The molecule has 1 aliphatic carbocycles. The van der Waals surface area contributed by atoms with Crippen LogP contribution in [0.25, 0.3) is 0 Å². The molecule has 0 unspecified atom stereocenters. The molecule has 0 aromatic heterocycles. The van der Waals surface area contributed by atoms with E-state index in [1.807, 2.05) is 23.1 Å². The molecule has 9 heteroatoms. The van der Waals surface area contributed by atoms with Crippen LogP contribution in [0.1, 0.15) is 64.4 Å². The predicted molar refractivity (Wildman–Crippen MR) is 130 cm³/mol. The van der Waals surface area contributed by atoms with Gasteiger partial charge in [-0.05, 0) is 51.3 Å². The molecule has 0 radical (unpaired) electrons. The Bertz CT molecular complexity index is 867. The van der Waals surface area contributed by atoms with E-state index in [4.69, 9.17) is 15.2 Å². The molecule has 0 spiro atoms. The minimum Gasteiger partial charge on any atom is -0.494 e. The minimum atomic E-state index is -0.350. The SMILES string of the molecule is CC(C)OC(=O)CN1Cc2cc(OCCCC(=O)N(CCO)C3CCCCC3)ccc2N=C1N. The summed E-state index contributed by atoms with van der Waals surface area (Å²) in [6.45, 7) is 4.89. The second kappa shape index (κ2) is 12.6. The molecule has 1 saturated carbocycles. The third kappa shape index (κ3) is 7.35. The molecule has 3 rings (SSSR count). The molecule has 1 fully saturated rings. The Labute approximate surface area is 201 Å². The Kier molecular flexibility index (Phi) is 9.56. The lowest BCUT2D eigenvalue weighted by Crippen LogP contribution is -2.43. The number of fused-ring (bicyclic) bond motifs is 1. The first-order valence-electron chi connectivity index (χ1n) is 12.3. The Hall–Kier alpha value is -2.81. The van der Waals surface area contributed by atoms with Crippen molar-refractivity contribution in [2.45, 2.75) is 77.5 Å². The van der Waals surface area contributed by atoms with Crippen molar-refractivity contribution in [3.05, 3.63) is 23.8 Å². The number of nitrogens with zero attached hydrogens (tertiary/aromatic N) is 3. The highest BCUT2D eigenvalue weighted by Crippen LogP contribution is 2.29. The zero-order valence-corrected chi connectivity index (χ0v) is 20.4. The van der Waals surface area contributed by atoms with Crippen LogP contribution >= 0.6 is 0 Å². The van der Waals surface area contributed by atoms with Gasteiger partial charge in [-0.1, -0.05) is 19.3 Å². The molecule has 0 bridgehead atoms. The summed E-state index contributed by atoms with van der Waals surface area (Å²) in [5.74, 6) is 0.706. The largest absolute Gasteiger partial charge is 0.494 e. The summed E-state index contributed by atoms with van der Waals surface area (Å²) in [4.78, 5) is 32.7. The van der Waals surface area contributed by atoms with Crippen LogP contribution in [0.15, 0.2) is 23.2 Å². The molecule has 1 aliphatic heterocycles. The second-order valence-corrected chi connectivity index (χ2v) is 9.21. The fourth-order valence-electron chi connectivity index (χ4n) is 4.53. The molecule has 1 aromatic rings. The van der Waals surface area contributed by atoms with Gasteiger partial charge in [0.1, 0.15) is 12.3 Å². The average Bonchev–Trinajstić information content (AvgIpc) is 2.80. The summed E-state index contributed by atoms with van der Waals surface area (Å²) in [5, 5.41) is 9.39. The van der Waals surface area contributed by atoms with E-state index in [-0.39, 0.29) is 43.1 Å². The summed E-state index contributed by atoms with van der Waals surface area (Å²) >= 11 is 0. The van der Waals surface area contributed by atoms with Gasteiger partial charge < -0.3 is 30.1 Å². The van der Waals surface area contributed by atoms with E-state index >= 15 is 0 Å². The highest BCUT2D eigenvalue weighted by atomic mass is 16.5. The molecule has 34 heavy (non-hydrogen) atoms. The van der Waals surface area contributed by atoms with E-state index in [1.54, 1.807) is 18.7 Å². The first kappa shape index (κ1) is 25.8. The van der Waals surface area contributed by atoms with Gasteiger partial charge in [-0.2, -0.15) is 0 Å². The van der Waals surface area contributed by atoms with Crippen LogP contribution in [-0.4, -0.2) is 71.2 Å². The maximum Gasteiger partial charge on any atom is 0.325 e. The van der Waals surface area contributed by atoms with Crippen LogP contribution < -0.4 is 10.5 Å². The van der Waals surface area contributed by atoms with Gasteiger partial charge >= 0.3 is 5.97 Å². The lowest BCUT2D eigenvalue weighted by atomic mass is 9.94. The smallest absolute Gasteiger partial charge is 0.325 e. The van der Waals surface area contributed by atoms with E-state index in [2.05, 4.69) is 4.99 Å². The van der Waals surface area contributed by atoms with Crippen LogP contribution in [0.3, 0.4) is 0 Å². The van der Waals surface area contributed by atoms with Crippen molar-refractivity contribution in [3.8, 4) is 5.75 Å². The molecule has 2 aliphatic rings. The molecular weight excluding hydrogens is 436 g/mol. The van der Waals surface area contributed by atoms with Crippen molar-refractivity contribution < 1.29 is 24.2 Å². The molecule has 9 nitrogen and oxygen atoms in total. The maximum atomic E-state index is 12.7. The minimum absolute atomic E-state index is 0.00687. The number of aliphatic hydroxyl groups excluding tert-OH is 1. The highest BCUT2D eigenvalue weighted by molar-refractivity contribution is 5.87. The number of amides is 1. The second-order valence-electron chi connectivity index (χ2n) is 9.21. The lowest BCUT2D eigenvalue weighted by molar-refractivity contribution is -0.147. The third-order valence-electron chi connectivity index (χ3n) is 6.14. The standard InChI is InChI=1S/C25H38N4O5/c1-18(2)34-24(32)17-28-16-19-15-21(10-11-22(19)27-25(28)26)33-14-6-9-23(31)29(12-13-30)20-7-4-3-5-8-20/h10-11,15,18,20,30H,3-9,12-14,16-17H2,1-2H3,(H2,26,27). The van der Waals surface area contributed by atoms with Gasteiger partial charge in [0, 0.05) is 31.1 Å². The van der Waals surface area contributed by atoms with Crippen molar-refractivity contribution in [1.29, 1.82) is 0 Å². The van der Waals surface area contributed by atoms with Crippen molar-refractivity contribution in [1.82, 2.24) is 9.80 Å². The summed E-state index contributed by atoms with van der Waals surface area (Å²) in [6.07, 6.45) is 6.38. The van der Waals surface area contributed by atoms with E-state index < -0.39 is 0 Å². The zero-order chi connectivity index (χ0) is 24.5. The third-order valence-corrected chi connectivity index (χ3v) is 6.14. The summed E-state index contributed by atoms with van der Waals surface area (Å²) in [5.41, 5.74) is 7.68. The van der Waals surface area contributed by atoms with E-state index in [9.17, 15) is 14.7 Å². The molecule has 1 heterocycles. The van der Waals surface area contributed by atoms with Crippen LogP contribution in [-0.2, 0) is 20.9 Å². The van der Waals surface area contributed by atoms with Gasteiger partial charge in [-0.25, -0.2) is 4.99 Å². The number of ether oxygens (including phenoxy) is 2. The van der Waals surface area contributed by atoms with E-state index in [0.29, 0.717) is 38.3 Å². The molecule has 0 saturated heterocycles. The summed E-state index contributed by atoms with van der Waals surface area (Å²) < 4.78 is 11.1. The van der Waals surface area contributed by atoms with Crippen LogP contribution in [0.2, 0.25) is 0 Å². The van der Waals surface area contributed by atoms with Crippen molar-refractivity contribution >= 4 is 23.5 Å². The molecule has 1 amide bonds. The fourth-order valence-corrected chi connectivity index (χ4v) is 4.53. The number of carbonyl (C=O) groups excluding carboxylic acids is 2. The molecular formula is C25H38N4O5. The first-order valence-corrected chi connectivity index (χ1v) is 12.3. The number of hydrogen-bond donors (Lipinski definition) is 2. The highest BCUT2D eigenvalue weighted by Gasteiger charge is 2.25. The monoisotopic (exact) mass is 474 g/mol. The summed E-state index contributed by atoms with van der Waals surface area (Å²) in [6, 6.07) is 5.83. The molecule has 1 aromatic carbocycles. The number of carbonyl (C=O) groups is 2. The van der Waals surface area contributed by atoms with Crippen LogP contribution in [0.5, 0.6) is 5.75 Å².